The number of rotatable bonds is 2. The van der Waals surface area contributed by atoms with Crippen molar-refractivity contribution in [1.29, 1.82) is 0 Å². The number of imidazole rings is 1. The predicted molar refractivity (Wildman–Crippen MR) is 66.6 cm³/mol. The van der Waals surface area contributed by atoms with Crippen LogP contribution in [0.3, 0.4) is 0 Å². The maximum absolute atomic E-state index is 4.73. The monoisotopic (exact) mass is 233 g/mol. The SMILES string of the molecule is Cc1[nH]c(C2CCCN2)nc1-c1cccs1. The van der Waals surface area contributed by atoms with Crippen LogP contribution in [0.1, 0.15) is 30.4 Å². The Morgan fingerprint density at radius 2 is 2.44 bits per heavy atom. The first-order chi connectivity index (χ1) is 7.84. The van der Waals surface area contributed by atoms with E-state index >= 15 is 0 Å². The molecule has 0 amide bonds. The molecule has 1 aliphatic rings. The molecule has 2 aromatic rings. The summed E-state index contributed by atoms with van der Waals surface area (Å²) in [4.78, 5) is 9.38. The number of H-pyrrole nitrogens is 1. The van der Waals surface area contributed by atoms with Gasteiger partial charge in [-0.05, 0) is 37.8 Å². The van der Waals surface area contributed by atoms with Crippen LogP contribution in [0.4, 0.5) is 0 Å². The second-order valence-electron chi connectivity index (χ2n) is 4.22. The van der Waals surface area contributed by atoms with Gasteiger partial charge in [0.2, 0.25) is 0 Å². The maximum atomic E-state index is 4.73. The third-order valence-corrected chi connectivity index (χ3v) is 3.92. The van der Waals surface area contributed by atoms with Crippen molar-refractivity contribution in [1.82, 2.24) is 15.3 Å². The minimum Gasteiger partial charge on any atom is -0.344 e. The Bertz CT molecular complexity index is 466. The van der Waals surface area contributed by atoms with Gasteiger partial charge in [0.1, 0.15) is 11.5 Å². The molecule has 1 saturated heterocycles. The lowest BCUT2D eigenvalue weighted by Gasteiger charge is -2.04. The summed E-state index contributed by atoms with van der Waals surface area (Å²) in [5.74, 6) is 1.10. The quantitative estimate of drug-likeness (QED) is 0.837. The summed E-state index contributed by atoms with van der Waals surface area (Å²) < 4.78 is 0. The minimum absolute atomic E-state index is 0.424. The topological polar surface area (TPSA) is 40.7 Å². The van der Waals surface area contributed by atoms with Gasteiger partial charge in [0.05, 0.1) is 10.9 Å². The Kier molecular flexibility index (Phi) is 2.53. The molecule has 2 aromatic heterocycles. The molecule has 1 atom stereocenters. The summed E-state index contributed by atoms with van der Waals surface area (Å²) in [5, 5.41) is 5.56. The molecule has 0 bridgehead atoms. The second-order valence-corrected chi connectivity index (χ2v) is 5.17. The maximum Gasteiger partial charge on any atom is 0.124 e. The Hall–Kier alpha value is -1.13. The molecule has 0 aromatic carbocycles. The molecule has 0 spiro atoms. The van der Waals surface area contributed by atoms with Gasteiger partial charge in [-0.25, -0.2) is 4.98 Å². The van der Waals surface area contributed by atoms with Gasteiger partial charge >= 0.3 is 0 Å². The number of aromatic nitrogens is 2. The molecular weight excluding hydrogens is 218 g/mol. The van der Waals surface area contributed by atoms with Crippen LogP contribution >= 0.6 is 11.3 Å². The number of nitrogens with one attached hydrogen (secondary N) is 2. The Labute approximate surface area is 98.9 Å². The smallest absolute Gasteiger partial charge is 0.124 e. The van der Waals surface area contributed by atoms with Gasteiger partial charge in [-0.3, -0.25) is 0 Å². The van der Waals surface area contributed by atoms with E-state index in [1.165, 1.54) is 23.4 Å². The summed E-state index contributed by atoms with van der Waals surface area (Å²) >= 11 is 1.74. The van der Waals surface area contributed by atoms with Crippen LogP contribution < -0.4 is 5.32 Å². The van der Waals surface area contributed by atoms with Crippen molar-refractivity contribution in [3.63, 3.8) is 0 Å². The number of hydrogen-bond acceptors (Lipinski definition) is 3. The van der Waals surface area contributed by atoms with Crippen molar-refractivity contribution in [2.24, 2.45) is 0 Å². The largest absolute Gasteiger partial charge is 0.344 e. The van der Waals surface area contributed by atoms with E-state index in [-0.39, 0.29) is 0 Å². The lowest BCUT2D eigenvalue weighted by atomic mass is 10.2. The molecule has 3 heterocycles. The number of aryl methyl sites for hydroxylation is 1. The Morgan fingerprint density at radius 1 is 1.50 bits per heavy atom. The summed E-state index contributed by atoms with van der Waals surface area (Å²) in [7, 11) is 0. The van der Waals surface area contributed by atoms with E-state index in [1.54, 1.807) is 11.3 Å². The van der Waals surface area contributed by atoms with Crippen LogP contribution in [0.2, 0.25) is 0 Å². The van der Waals surface area contributed by atoms with Crippen LogP contribution in [0.25, 0.3) is 10.6 Å². The van der Waals surface area contributed by atoms with E-state index in [0.717, 1.165) is 18.1 Å². The molecule has 0 radical (unpaired) electrons. The molecular formula is C12H15N3S. The van der Waals surface area contributed by atoms with Crippen molar-refractivity contribution in [2.45, 2.75) is 25.8 Å². The summed E-state index contributed by atoms with van der Waals surface area (Å²) in [6.07, 6.45) is 2.44. The standard InChI is InChI=1S/C12H15N3S/c1-8-11(10-5-3-7-16-10)15-12(14-8)9-4-2-6-13-9/h3,5,7,9,13H,2,4,6H2,1H3,(H,14,15). The van der Waals surface area contributed by atoms with Gasteiger partial charge < -0.3 is 10.3 Å². The third-order valence-electron chi connectivity index (χ3n) is 3.05. The highest BCUT2D eigenvalue weighted by molar-refractivity contribution is 7.13. The van der Waals surface area contributed by atoms with Gasteiger partial charge in [0.15, 0.2) is 0 Å². The molecule has 16 heavy (non-hydrogen) atoms. The predicted octanol–water partition coefficient (Wildman–Crippen LogP) is 2.87. The van der Waals surface area contributed by atoms with Gasteiger partial charge in [0.25, 0.3) is 0 Å². The summed E-state index contributed by atoms with van der Waals surface area (Å²) in [6.45, 7) is 3.21. The fourth-order valence-electron chi connectivity index (χ4n) is 2.22. The van der Waals surface area contributed by atoms with E-state index in [2.05, 4.69) is 34.7 Å². The number of aromatic amines is 1. The van der Waals surface area contributed by atoms with Gasteiger partial charge in [-0.15, -0.1) is 11.3 Å². The van der Waals surface area contributed by atoms with E-state index in [4.69, 9.17) is 4.98 Å². The Balaban J connectivity index is 1.95. The zero-order valence-corrected chi connectivity index (χ0v) is 10.1. The first-order valence-electron chi connectivity index (χ1n) is 5.68. The summed E-state index contributed by atoms with van der Waals surface area (Å²) in [6, 6.07) is 4.62. The van der Waals surface area contributed by atoms with Crippen LogP contribution in [0.5, 0.6) is 0 Å². The third kappa shape index (κ3) is 1.68. The van der Waals surface area contributed by atoms with Gasteiger partial charge in [-0.1, -0.05) is 6.07 Å². The highest BCUT2D eigenvalue weighted by atomic mass is 32.1. The minimum atomic E-state index is 0.424. The molecule has 84 valence electrons. The molecule has 3 rings (SSSR count). The van der Waals surface area contributed by atoms with Crippen LogP contribution in [0, 0.1) is 6.92 Å². The van der Waals surface area contributed by atoms with Gasteiger partial charge in [-0.2, -0.15) is 0 Å². The highest BCUT2D eigenvalue weighted by Crippen LogP contribution is 2.29. The zero-order valence-electron chi connectivity index (χ0n) is 9.29. The van der Waals surface area contributed by atoms with E-state index < -0.39 is 0 Å². The number of hydrogen-bond donors (Lipinski definition) is 2. The molecule has 1 fully saturated rings. The van der Waals surface area contributed by atoms with Crippen molar-refractivity contribution in [2.75, 3.05) is 6.54 Å². The van der Waals surface area contributed by atoms with Crippen LogP contribution in [-0.2, 0) is 0 Å². The van der Waals surface area contributed by atoms with E-state index in [1.807, 2.05) is 0 Å². The molecule has 1 unspecified atom stereocenters. The average molecular weight is 233 g/mol. The molecule has 3 nitrogen and oxygen atoms in total. The lowest BCUT2D eigenvalue weighted by Crippen LogP contribution is -2.14. The fourth-order valence-corrected chi connectivity index (χ4v) is 2.99. The van der Waals surface area contributed by atoms with Crippen molar-refractivity contribution in [3.05, 3.63) is 29.0 Å². The molecule has 0 aliphatic carbocycles. The van der Waals surface area contributed by atoms with Crippen LogP contribution in [-0.4, -0.2) is 16.5 Å². The molecule has 1 aliphatic heterocycles. The van der Waals surface area contributed by atoms with Crippen LogP contribution in [0.15, 0.2) is 17.5 Å². The van der Waals surface area contributed by atoms with Crippen molar-refractivity contribution < 1.29 is 0 Å². The van der Waals surface area contributed by atoms with E-state index in [9.17, 15) is 0 Å². The molecule has 2 N–H and O–H groups in total. The normalized spacial score (nSPS) is 20.4. The average Bonchev–Trinajstić information content (AvgIpc) is 2.97. The lowest BCUT2D eigenvalue weighted by molar-refractivity contribution is 0.612. The first kappa shape index (κ1) is 10.1. The summed E-state index contributed by atoms with van der Waals surface area (Å²) in [5.41, 5.74) is 2.28. The zero-order chi connectivity index (χ0) is 11.0. The van der Waals surface area contributed by atoms with Gasteiger partial charge in [0, 0.05) is 5.69 Å². The highest BCUT2D eigenvalue weighted by Gasteiger charge is 2.20. The number of thiophene rings is 1. The Morgan fingerprint density at radius 3 is 3.12 bits per heavy atom. The fraction of sp³-hybridized carbons (Fsp3) is 0.417. The van der Waals surface area contributed by atoms with Crippen molar-refractivity contribution in [3.8, 4) is 10.6 Å². The van der Waals surface area contributed by atoms with Crippen molar-refractivity contribution >= 4 is 11.3 Å². The second kappa shape index (κ2) is 4.03. The first-order valence-corrected chi connectivity index (χ1v) is 6.56. The molecule has 4 heteroatoms. The van der Waals surface area contributed by atoms with E-state index in [0.29, 0.717) is 6.04 Å². The number of nitrogens with zero attached hydrogens (tertiary/aromatic N) is 1. The molecule has 0 saturated carbocycles.